The zero-order valence-corrected chi connectivity index (χ0v) is 14.0. The Labute approximate surface area is 128 Å². The standard InChI is InChI=1S/C14H21N3OS2/c1-10(8-11-6-5-7-19-11)15-9-12-13(18-4)16-14(20-12)17(2)3/h5-7,10,15H,8-9H2,1-4H3. The first-order chi connectivity index (χ1) is 9.60. The van der Waals surface area contributed by atoms with Gasteiger partial charge in [0.15, 0.2) is 5.13 Å². The first kappa shape index (κ1) is 15.3. The van der Waals surface area contributed by atoms with Crippen LogP contribution in [0, 0.1) is 0 Å². The Hall–Kier alpha value is -1.11. The maximum atomic E-state index is 5.35. The molecule has 2 heterocycles. The van der Waals surface area contributed by atoms with E-state index in [1.165, 1.54) is 4.88 Å². The first-order valence-electron chi connectivity index (χ1n) is 6.57. The molecular weight excluding hydrogens is 290 g/mol. The SMILES string of the molecule is COc1nc(N(C)C)sc1CNC(C)Cc1cccs1. The summed E-state index contributed by atoms with van der Waals surface area (Å²) in [6.45, 7) is 3.00. The number of thiazole rings is 1. The van der Waals surface area contributed by atoms with Crippen molar-refractivity contribution in [1.82, 2.24) is 10.3 Å². The maximum absolute atomic E-state index is 5.35. The maximum Gasteiger partial charge on any atom is 0.230 e. The second-order valence-electron chi connectivity index (χ2n) is 4.89. The largest absolute Gasteiger partial charge is 0.480 e. The molecule has 0 bridgehead atoms. The van der Waals surface area contributed by atoms with Gasteiger partial charge in [-0.15, -0.1) is 11.3 Å². The van der Waals surface area contributed by atoms with E-state index in [1.54, 1.807) is 18.4 Å². The van der Waals surface area contributed by atoms with E-state index in [-0.39, 0.29) is 0 Å². The Balaban J connectivity index is 1.92. The Morgan fingerprint density at radius 2 is 2.25 bits per heavy atom. The van der Waals surface area contributed by atoms with Crippen molar-refractivity contribution in [3.63, 3.8) is 0 Å². The molecule has 1 atom stereocenters. The number of hydrogen-bond acceptors (Lipinski definition) is 6. The lowest BCUT2D eigenvalue weighted by Crippen LogP contribution is -2.27. The summed E-state index contributed by atoms with van der Waals surface area (Å²) in [6.07, 6.45) is 1.05. The molecule has 4 nitrogen and oxygen atoms in total. The highest BCUT2D eigenvalue weighted by molar-refractivity contribution is 7.15. The lowest BCUT2D eigenvalue weighted by Gasteiger charge is -2.12. The third kappa shape index (κ3) is 3.94. The van der Waals surface area contributed by atoms with Crippen LogP contribution < -0.4 is 15.0 Å². The molecule has 0 radical (unpaired) electrons. The van der Waals surface area contributed by atoms with E-state index in [2.05, 4.69) is 34.7 Å². The molecule has 0 amide bonds. The third-order valence-electron chi connectivity index (χ3n) is 2.92. The van der Waals surface area contributed by atoms with E-state index >= 15 is 0 Å². The minimum Gasteiger partial charge on any atom is -0.480 e. The molecule has 20 heavy (non-hydrogen) atoms. The molecule has 2 aromatic rings. The van der Waals surface area contributed by atoms with Crippen LogP contribution in [-0.4, -0.2) is 32.2 Å². The van der Waals surface area contributed by atoms with Gasteiger partial charge in [0, 0.05) is 31.6 Å². The van der Waals surface area contributed by atoms with Gasteiger partial charge in [-0.25, -0.2) is 0 Å². The van der Waals surface area contributed by atoms with Crippen LogP contribution in [0.2, 0.25) is 0 Å². The number of methoxy groups -OCH3 is 1. The van der Waals surface area contributed by atoms with Crippen molar-refractivity contribution >= 4 is 27.8 Å². The summed E-state index contributed by atoms with van der Waals surface area (Å²) < 4.78 is 5.35. The van der Waals surface area contributed by atoms with Crippen molar-refractivity contribution in [3.8, 4) is 5.88 Å². The Morgan fingerprint density at radius 3 is 2.85 bits per heavy atom. The van der Waals surface area contributed by atoms with Gasteiger partial charge >= 0.3 is 0 Å². The lowest BCUT2D eigenvalue weighted by atomic mass is 10.2. The minimum absolute atomic E-state index is 0.434. The van der Waals surface area contributed by atoms with E-state index in [9.17, 15) is 0 Å². The quantitative estimate of drug-likeness (QED) is 0.853. The highest BCUT2D eigenvalue weighted by Crippen LogP contribution is 2.30. The number of ether oxygens (including phenoxy) is 1. The second-order valence-corrected chi connectivity index (χ2v) is 6.98. The molecule has 1 N–H and O–H groups in total. The normalized spacial score (nSPS) is 12.4. The number of aromatic nitrogens is 1. The van der Waals surface area contributed by atoms with Crippen molar-refractivity contribution in [2.24, 2.45) is 0 Å². The van der Waals surface area contributed by atoms with Crippen LogP contribution in [0.4, 0.5) is 5.13 Å². The fraction of sp³-hybridized carbons (Fsp3) is 0.500. The van der Waals surface area contributed by atoms with Crippen LogP contribution in [0.15, 0.2) is 17.5 Å². The van der Waals surface area contributed by atoms with E-state index in [4.69, 9.17) is 4.74 Å². The molecule has 0 aliphatic carbocycles. The zero-order valence-electron chi connectivity index (χ0n) is 12.3. The molecule has 2 aromatic heterocycles. The van der Waals surface area contributed by atoms with Crippen LogP contribution in [0.3, 0.4) is 0 Å². The van der Waals surface area contributed by atoms with E-state index in [1.807, 2.05) is 30.3 Å². The number of nitrogens with one attached hydrogen (secondary N) is 1. The van der Waals surface area contributed by atoms with Crippen LogP contribution in [0.1, 0.15) is 16.7 Å². The number of thiophene rings is 1. The third-order valence-corrected chi connectivity index (χ3v) is 5.03. The van der Waals surface area contributed by atoms with Crippen LogP contribution in [0.5, 0.6) is 5.88 Å². The van der Waals surface area contributed by atoms with Crippen molar-refractivity contribution in [2.45, 2.75) is 25.9 Å². The van der Waals surface area contributed by atoms with Gasteiger partial charge in [-0.05, 0) is 24.8 Å². The molecule has 0 fully saturated rings. The zero-order chi connectivity index (χ0) is 14.5. The van der Waals surface area contributed by atoms with E-state index in [0.717, 1.165) is 28.9 Å². The fourth-order valence-corrected chi connectivity index (χ4v) is 3.60. The molecule has 0 saturated carbocycles. The number of anilines is 1. The van der Waals surface area contributed by atoms with Gasteiger partial charge in [-0.1, -0.05) is 17.4 Å². The molecule has 110 valence electrons. The number of rotatable bonds is 7. The Bertz CT molecular complexity index is 523. The van der Waals surface area contributed by atoms with Gasteiger partial charge in [0.05, 0.1) is 12.0 Å². The van der Waals surface area contributed by atoms with Crippen molar-refractivity contribution < 1.29 is 4.74 Å². The van der Waals surface area contributed by atoms with Crippen LogP contribution >= 0.6 is 22.7 Å². The average Bonchev–Trinajstić information content (AvgIpc) is 3.04. The summed E-state index contributed by atoms with van der Waals surface area (Å²) >= 11 is 3.48. The van der Waals surface area contributed by atoms with Gasteiger partial charge in [-0.2, -0.15) is 4.98 Å². The average molecular weight is 311 g/mol. The molecule has 0 aromatic carbocycles. The molecule has 6 heteroatoms. The topological polar surface area (TPSA) is 37.4 Å². The summed E-state index contributed by atoms with van der Waals surface area (Å²) in [7, 11) is 5.66. The summed E-state index contributed by atoms with van der Waals surface area (Å²) in [6, 6.07) is 4.71. The smallest absolute Gasteiger partial charge is 0.230 e. The molecule has 2 rings (SSSR count). The van der Waals surface area contributed by atoms with Gasteiger partial charge in [0.1, 0.15) is 0 Å². The molecule has 0 aliphatic rings. The second kappa shape index (κ2) is 7.06. The predicted octanol–water partition coefficient (Wildman–Crippen LogP) is 3.00. The van der Waals surface area contributed by atoms with Gasteiger partial charge < -0.3 is 15.0 Å². The summed E-state index contributed by atoms with van der Waals surface area (Å²) in [5, 5.41) is 6.64. The predicted molar refractivity (Wildman–Crippen MR) is 87.3 cm³/mol. The van der Waals surface area contributed by atoms with Crippen molar-refractivity contribution in [1.29, 1.82) is 0 Å². The Kier molecular flexibility index (Phi) is 5.39. The highest BCUT2D eigenvalue weighted by Gasteiger charge is 2.14. The van der Waals surface area contributed by atoms with Gasteiger partial charge in [-0.3, -0.25) is 0 Å². The molecule has 0 spiro atoms. The molecule has 0 saturated heterocycles. The van der Waals surface area contributed by atoms with Crippen LogP contribution in [-0.2, 0) is 13.0 Å². The number of hydrogen-bond donors (Lipinski definition) is 1. The first-order valence-corrected chi connectivity index (χ1v) is 8.26. The van der Waals surface area contributed by atoms with Crippen LogP contribution in [0.25, 0.3) is 0 Å². The highest BCUT2D eigenvalue weighted by atomic mass is 32.1. The summed E-state index contributed by atoms with van der Waals surface area (Å²) in [5.41, 5.74) is 0. The van der Waals surface area contributed by atoms with Gasteiger partial charge in [0.2, 0.25) is 5.88 Å². The molecule has 1 unspecified atom stereocenters. The summed E-state index contributed by atoms with van der Waals surface area (Å²) in [4.78, 5) is 9.03. The Morgan fingerprint density at radius 1 is 1.45 bits per heavy atom. The van der Waals surface area contributed by atoms with Gasteiger partial charge in [0.25, 0.3) is 0 Å². The monoisotopic (exact) mass is 311 g/mol. The molecule has 0 aliphatic heterocycles. The van der Waals surface area contributed by atoms with Crippen molar-refractivity contribution in [3.05, 3.63) is 27.3 Å². The summed E-state index contributed by atoms with van der Waals surface area (Å²) in [5.74, 6) is 0.731. The van der Waals surface area contributed by atoms with E-state index in [0.29, 0.717) is 6.04 Å². The lowest BCUT2D eigenvalue weighted by molar-refractivity contribution is 0.393. The fourth-order valence-electron chi connectivity index (χ4n) is 1.86. The van der Waals surface area contributed by atoms with Crippen molar-refractivity contribution in [2.75, 3.05) is 26.1 Å². The minimum atomic E-state index is 0.434. The van der Waals surface area contributed by atoms with E-state index < -0.39 is 0 Å². The number of nitrogens with zero attached hydrogens (tertiary/aromatic N) is 2. The molecular formula is C14H21N3OS2.